The van der Waals surface area contributed by atoms with Gasteiger partial charge in [0.25, 0.3) is 0 Å². The standard InChI is InChI=1S/C15H18N6/c1-11(21(2)12-6-4-3-5-7-12)8-16-14-13-9-19-20-15(13)18-10-17-14/h3-7,9-11H,8H2,1-2H3,(H2,16,17,18,19,20). The van der Waals surface area contributed by atoms with Crippen LogP contribution in [0.1, 0.15) is 6.92 Å². The van der Waals surface area contributed by atoms with E-state index < -0.39 is 0 Å². The Balaban J connectivity index is 1.68. The summed E-state index contributed by atoms with van der Waals surface area (Å²) in [6.45, 7) is 2.95. The van der Waals surface area contributed by atoms with Gasteiger partial charge in [-0.1, -0.05) is 18.2 Å². The fraction of sp³-hybridized carbons (Fsp3) is 0.267. The van der Waals surface area contributed by atoms with E-state index in [2.05, 4.69) is 56.5 Å². The minimum atomic E-state index is 0.323. The highest BCUT2D eigenvalue weighted by Crippen LogP contribution is 2.18. The Labute approximate surface area is 123 Å². The van der Waals surface area contributed by atoms with Gasteiger partial charge >= 0.3 is 0 Å². The molecule has 0 amide bonds. The molecule has 0 saturated heterocycles. The first-order valence-electron chi connectivity index (χ1n) is 6.91. The van der Waals surface area contributed by atoms with Crippen molar-refractivity contribution in [1.29, 1.82) is 0 Å². The molecule has 2 N–H and O–H groups in total. The number of para-hydroxylation sites is 1. The van der Waals surface area contributed by atoms with Crippen LogP contribution in [0.15, 0.2) is 42.9 Å². The average molecular weight is 282 g/mol. The summed E-state index contributed by atoms with van der Waals surface area (Å²) in [5.41, 5.74) is 1.94. The summed E-state index contributed by atoms with van der Waals surface area (Å²) in [5, 5.41) is 11.1. The van der Waals surface area contributed by atoms with Gasteiger partial charge in [0, 0.05) is 25.3 Å². The quantitative estimate of drug-likeness (QED) is 0.751. The summed E-state index contributed by atoms with van der Waals surface area (Å²) in [4.78, 5) is 10.7. The van der Waals surface area contributed by atoms with Crippen molar-refractivity contribution in [2.24, 2.45) is 0 Å². The number of H-pyrrole nitrogens is 1. The highest BCUT2D eigenvalue weighted by molar-refractivity contribution is 5.85. The van der Waals surface area contributed by atoms with E-state index >= 15 is 0 Å². The van der Waals surface area contributed by atoms with Crippen LogP contribution in [-0.2, 0) is 0 Å². The van der Waals surface area contributed by atoms with Crippen molar-refractivity contribution in [2.75, 3.05) is 23.8 Å². The van der Waals surface area contributed by atoms with E-state index in [0.29, 0.717) is 6.04 Å². The van der Waals surface area contributed by atoms with E-state index in [-0.39, 0.29) is 0 Å². The van der Waals surface area contributed by atoms with Crippen LogP contribution in [0.2, 0.25) is 0 Å². The number of likely N-dealkylation sites (N-methyl/N-ethyl adjacent to an activating group) is 1. The fourth-order valence-corrected chi connectivity index (χ4v) is 2.20. The molecule has 1 atom stereocenters. The second kappa shape index (κ2) is 5.78. The van der Waals surface area contributed by atoms with Crippen LogP contribution >= 0.6 is 0 Å². The number of nitrogens with one attached hydrogen (secondary N) is 2. The first kappa shape index (κ1) is 13.4. The van der Waals surface area contributed by atoms with E-state index in [1.807, 2.05) is 18.2 Å². The summed E-state index contributed by atoms with van der Waals surface area (Å²) in [6, 6.07) is 10.7. The molecule has 0 radical (unpaired) electrons. The third kappa shape index (κ3) is 2.79. The van der Waals surface area contributed by atoms with Gasteiger partial charge in [0.2, 0.25) is 0 Å². The summed E-state index contributed by atoms with van der Waals surface area (Å²) in [5.74, 6) is 0.807. The molecule has 2 heterocycles. The summed E-state index contributed by atoms with van der Waals surface area (Å²) in [6.07, 6.45) is 3.28. The van der Waals surface area contributed by atoms with Crippen LogP contribution in [0.4, 0.5) is 11.5 Å². The fourth-order valence-electron chi connectivity index (χ4n) is 2.20. The normalized spacial score (nSPS) is 12.3. The second-order valence-electron chi connectivity index (χ2n) is 5.03. The van der Waals surface area contributed by atoms with Crippen LogP contribution in [-0.4, -0.2) is 39.8 Å². The molecule has 0 aliphatic heterocycles. The SMILES string of the molecule is CC(CNc1ncnc2[nH]ncc12)N(C)c1ccccc1. The molecule has 6 heteroatoms. The predicted molar refractivity (Wildman–Crippen MR) is 84.5 cm³/mol. The number of aromatic amines is 1. The molecule has 21 heavy (non-hydrogen) atoms. The number of nitrogens with zero attached hydrogens (tertiary/aromatic N) is 4. The maximum Gasteiger partial charge on any atom is 0.160 e. The van der Waals surface area contributed by atoms with Crippen molar-refractivity contribution in [3.05, 3.63) is 42.9 Å². The van der Waals surface area contributed by atoms with E-state index in [1.165, 1.54) is 12.0 Å². The molecule has 2 aromatic heterocycles. The van der Waals surface area contributed by atoms with E-state index in [0.717, 1.165) is 23.4 Å². The van der Waals surface area contributed by atoms with Crippen molar-refractivity contribution >= 4 is 22.5 Å². The average Bonchev–Trinajstić information content (AvgIpc) is 3.02. The number of hydrogen-bond acceptors (Lipinski definition) is 5. The van der Waals surface area contributed by atoms with Gasteiger partial charge in [-0.25, -0.2) is 9.97 Å². The number of benzene rings is 1. The summed E-state index contributed by atoms with van der Waals surface area (Å²) in [7, 11) is 2.09. The molecule has 0 fully saturated rings. The van der Waals surface area contributed by atoms with Gasteiger partial charge in [-0.2, -0.15) is 5.10 Å². The lowest BCUT2D eigenvalue weighted by atomic mass is 10.2. The van der Waals surface area contributed by atoms with Crippen molar-refractivity contribution in [2.45, 2.75) is 13.0 Å². The zero-order valence-corrected chi connectivity index (χ0v) is 12.1. The summed E-state index contributed by atoms with van der Waals surface area (Å²) >= 11 is 0. The third-order valence-electron chi connectivity index (χ3n) is 3.64. The molecular weight excluding hydrogens is 264 g/mol. The predicted octanol–water partition coefficient (Wildman–Crippen LogP) is 2.29. The van der Waals surface area contributed by atoms with Crippen molar-refractivity contribution in [1.82, 2.24) is 20.2 Å². The van der Waals surface area contributed by atoms with Crippen molar-refractivity contribution in [3.8, 4) is 0 Å². The molecule has 0 spiro atoms. The maximum absolute atomic E-state index is 4.28. The lowest BCUT2D eigenvalue weighted by Crippen LogP contribution is -2.34. The van der Waals surface area contributed by atoms with Crippen LogP contribution in [0.3, 0.4) is 0 Å². The van der Waals surface area contributed by atoms with Gasteiger partial charge in [-0.15, -0.1) is 0 Å². The molecule has 0 saturated carbocycles. The molecule has 108 valence electrons. The van der Waals surface area contributed by atoms with Gasteiger partial charge in [0.05, 0.1) is 11.6 Å². The molecule has 3 rings (SSSR count). The van der Waals surface area contributed by atoms with Crippen molar-refractivity contribution in [3.63, 3.8) is 0 Å². The van der Waals surface area contributed by atoms with Crippen molar-refractivity contribution < 1.29 is 0 Å². The molecule has 0 aliphatic carbocycles. The van der Waals surface area contributed by atoms with Gasteiger partial charge in [0.1, 0.15) is 12.1 Å². The lowest BCUT2D eigenvalue weighted by Gasteiger charge is -2.27. The molecular formula is C15H18N6. The monoisotopic (exact) mass is 282 g/mol. The highest BCUT2D eigenvalue weighted by Gasteiger charge is 2.11. The van der Waals surface area contributed by atoms with Gasteiger partial charge in [0.15, 0.2) is 5.65 Å². The molecule has 0 bridgehead atoms. The van der Waals surface area contributed by atoms with Crippen LogP contribution in [0.5, 0.6) is 0 Å². The zero-order valence-electron chi connectivity index (χ0n) is 12.1. The maximum atomic E-state index is 4.28. The van der Waals surface area contributed by atoms with E-state index in [1.54, 1.807) is 6.20 Å². The van der Waals surface area contributed by atoms with Gasteiger partial charge < -0.3 is 10.2 Å². The molecule has 0 aliphatic rings. The molecule has 1 aromatic carbocycles. The Morgan fingerprint density at radius 3 is 2.86 bits per heavy atom. The van der Waals surface area contributed by atoms with E-state index in [9.17, 15) is 0 Å². The smallest absolute Gasteiger partial charge is 0.160 e. The topological polar surface area (TPSA) is 69.7 Å². The van der Waals surface area contributed by atoms with Crippen LogP contribution in [0, 0.1) is 0 Å². The minimum absolute atomic E-state index is 0.323. The Kier molecular flexibility index (Phi) is 3.68. The Morgan fingerprint density at radius 2 is 2.05 bits per heavy atom. The Bertz CT molecular complexity index is 708. The first-order chi connectivity index (χ1) is 10.3. The molecule has 3 aromatic rings. The zero-order chi connectivity index (χ0) is 14.7. The Hall–Kier alpha value is -2.63. The number of fused-ring (bicyclic) bond motifs is 1. The first-order valence-corrected chi connectivity index (χ1v) is 6.91. The van der Waals surface area contributed by atoms with Gasteiger partial charge in [-0.05, 0) is 19.1 Å². The van der Waals surface area contributed by atoms with Crippen LogP contribution < -0.4 is 10.2 Å². The van der Waals surface area contributed by atoms with Gasteiger partial charge in [-0.3, -0.25) is 5.10 Å². The number of hydrogen-bond donors (Lipinski definition) is 2. The molecule has 6 nitrogen and oxygen atoms in total. The minimum Gasteiger partial charge on any atom is -0.370 e. The lowest BCUT2D eigenvalue weighted by molar-refractivity contribution is 0.715. The summed E-state index contributed by atoms with van der Waals surface area (Å²) < 4.78 is 0. The number of aromatic nitrogens is 4. The number of anilines is 2. The van der Waals surface area contributed by atoms with E-state index in [4.69, 9.17) is 0 Å². The third-order valence-corrected chi connectivity index (χ3v) is 3.64. The number of rotatable bonds is 5. The molecule has 1 unspecified atom stereocenters. The largest absolute Gasteiger partial charge is 0.370 e. The Morgan fingerprint density at radius 1 is 1.24 bits per heavy atom. The highest BCUT2D eigenvalue weighted by atomic mass is 15.2. The second-order valence-corrected chi connectivity index (χ2v) is 5.03. The van der Waals surface area contributed by atoms with Crippen LogP contribution in [0.25, 0.3) is 11.0 Å².